The Kier molecular flexibility index (Phi) is 4.51. The lowest BCUT2D eigenvalue weighted by Crippen LogP contribution is -2.33. The van der Waals surface area contributed by atoms with E-state index in [1.165, 1.54) is 6.20 Å². The molecule has 98 valence electrons. The van der Waals surface area contributed by atoms with E-state index in [1.54, 1.807) is 18.5 Å². The van der Waals surface area contributed by atoms with Gasteiger partial charge in [-0.1, -0.05) is 12.8 Å². The number of aromatic nitrogens is 1. The highest BCUT2D eigenvalue weighted by molar-refractivity contribution is 5.97. The number of carbonyl (C=O) groups excluding carboxylic acids is 1. The Labute approximate surface area is 112 Å². The summed E-state index contributed by atoms with van der Waals surface area (Å²) in [6.45, 7) is 0. The van der Waals surface area contributed by atoms with Gasteiger partial charge in [0.1, 0.15) is 11.6 Å². The second kappa shape index (κ2) is 6.55. The zero-order valence-corrected chi connectivity index (χ0v) is 10.6. The largest absolute Gasteiger partial charge is 0.359 e. The normalized spacial score (nSPS) is 15.8. The van der Waals surface area contributed by atoms with Gasteiger partial charge in [-0.15, -0.1) is 0 Å². The average Bonchev–Trinajstić information content (AvgIpc) is 2.93. The number of nitriles is 1. The molecule has 1 aromatic rings. The molecule has 0 bridgehead atoms. The van der Waals surface area contributed by atoms with Gasteiger partial charge in [0.15, 0.2) is 0 Å². The molecule has 2 rings (SSSR count). The van der Waals surface area contributed by atoms with E-state index in [2.05, 4.69) is 15.6 Å². The van der Waals surface area contributed by atoms with Crippen LogP contribution in [0.2, 0.25) is 0 Å². The molecule has 5 heteroatoms. The highest BCUT2D eigenvalue weighted by Crippen LogP contribution is 2.17. The van der Waals surface area contributed by atoms with Crippen molar-refractivity contribution >= 4 is 11.6 Å². The minimum atomic E-state index is -0.314. The third kappa shape index (κ3) is 3.81. The maximum atomic E-state index is 11.9. The fraction of sp³-hybridized carbons (Fsp3) is 0.357. The summed E-state index contributed by atoms with van der Waals surface area (Å²) in [5.41, 5.74) is 0.819. The van der Waals surface area contributed by atoms with Crippen molar-refractivity contribution in [2.75, 3.05) is 5.32 Å². The van der Waals surface area contributed by atoms with Gasteiger partial charge in [0, 0.05) is 18.4 Å². The van der Waals surface area contributed by atoms with Crippen LogP contribution < -0.4 is 10.6 Å². The summed E-state index contributed by atoms with van der Waals surface area (Å²) in [5, 5.41) is 14.8. The molecular weight excluding hydrogens is 240 g/mol. The van der Waals surface area contributed by atoms with E-state index in [9.17, 15) is 4.79 Å². The van der Waals surface area contributed by atoms with E-state index in [-0.39, 0.29) is 17.5 Å². The van der Waals surface area contributed by atoms with Gasteiger partial charge in [-0.3, -0.25) is 9.78 Å². The van der Waals surface area contributed by atoms with Gasteiger partial charge in [0.25, 0.3) is 5.91 Å². The van der Waals surface area contributed by atoms with Crippen LogP contribution in [-0.2, 0) is 4.79 Å². The second-order valence-electron chi connectivity index (χ2n) is 4.51. The Hall–Kier alpha value is -2.35. The molecular formula is C14H16N4O. The molecule has 0 radical (unpaired) electrons. The van der Waals surface area contributed by atoms with Crippen LogP contribution in [0.3, 0.4) is 0 Å². The molecule has 0 spiro atoms. The predicted octanol–water partition coefficient (Wildman–Crippen LogP) is 1.96. The van der Waals surface area contributed by atoms with Gasteiger partial charge < -0.3 is 10.6 Å². The molecule has 1 amide bonds. The lowest BCUT2D eigenvalue weighted by molar-refractivity contribution is -0.117. The minimum Gasteiger partial charge on any atom is -0.359 e. The summed E-state index contributed by atoms with van der Waals surface area (Å²) >= 11 is 0. The van der Waals surface area contributed by atoms with Crippen molar-refractivity contribution in [1.82, 2.24) is 10.3 Å². The summed E-state index contributed by atoms with van der Waals surface area (Å²) in [6.07, 6.45) is 8.99. The Balaban J connectivity index is 1.95. The van der Waals surface area contributed by atoms with Gasteiger partial charge in [0.05, 0.1) is 11.9 Å². The third-order valence-electron chi connectivity index (χ3n) is 3.10. The topological polar surface area (TPSA) is 77.8 Å². The number of carbonyl (C=O) groups is 1. The maximum absolute atomic E-state index is 11.9. The Bertz CT molecular complexity index is 498. The van der Waals surface area contributed by atoms with Crippen LogP contribution in [0.5, 0.6) is 0 Å². The molecule has 0 saturated heterocycles. The molecule has 1 fully saturated rings. The number of rotatable bonds is 4. The molecule has 0 atom stereocenters. The highest BCUT2D eigenvalue weighted by atomic mass is 16.1. The maximum Gasteiger partial charge on any atom is 0.263 e. The molecule has 0 aromatic carbocycles. The zero-order valence-electron chi connectivity index (χ0n) is 10.6. The van der Waals surface area contributed by atoms with Gasteiger partial charge in [-0.25, -0.2) is 0 Å². The SMILES string of the molecule is N#C/C(=C/Nc1cccnc1)C(=O)NC1CCCC1. The van der Waals surface area contributed by atoms with E-state index < -0.39 is 0 Å². The number of nitrogens with zero attached hydrogens (tertiary/aromatic N) is 2. The summed E-state index contributed by atoms with van der Waals surface area (Å²) in [4.78, 5) is 15.8. The quantitative estimate of drug-likeness (QED) is 0.637. The van der Waals surface area contributed by atoms with Crippen molar-refractivity contribution in [1.29, 1.82) is 5.26 Å². The Morgan fingerprint density at radius 2 is 2.26 bits per heavy atom. The van der Waals surface area contributed by atoms with Crippen molar-refractivity contribution < 1.29 is 4.79 Å². The number of amides is 1. The lowest BCUT2D eigenvalue weighted by Gasteiger charge is -2.11. The molecule has 1 heterocycles. The number of hydrogen-bond donors (Lipinski definition) is 2. The summed E-state index contributed by atoms with van der Waals surface area (Å²) in [7, 11) is 0. The molecule has 2 N–H and O–H groups in total. The molecule has 19 heavy (non-hydrogen) atoms. The first kappa shape index (κ1) is 13.1. The molecule has 1 saturated carbocycles. The van der Waals surface area contributed by atoms with Gasteiger partial charge >= 0.3 is 0 Å². The Morgan fingerprint density at radius 3 is 2.89 bits per heavy atom. The Morgan fingerprint density at radius 1 is 1.47 bits per heavy atom. The fourth-order valence-corrected chi connectivity index (χ4v) is 2.09. The second-order valence-corrected chi connectivity index (χ2v) is 4.51. The van der Waals surface area contributed by atoms with Crippen LogP contribution in [-0.4, -0.2) is 16.9 Å². The molecule has 0 unspecified atom stereocenters. The van der Waals surface area contributed by atoms with Crippen LogP contribution in [0.15, 0.2) is 36.3 Å². The predicted molar refractivity (Wildman–Crippen MR) is 72.0 cm³/mol. The van der Waals surface area contributed by atoms with Crippen LogP contribution in [0, 0.1) is 11.3 Å². The molecule has 5 nitrogen and oxygen atoms in total. The van der Waals surface area contributed by atoms with Crippen LogP contribution in [0.25, 0.3) is 0 Å². The molecule has 0 aliphatic heterocycles. The van der Waals surface area contributed by atoms with Crippen molar-refractivity contribution in [3.8, 4) is 6.07 Å². The van der Waals surface area contributed by atoms with Crippen molar-refractivity contribution in [3.63, 3.8) is 0 Å². The minimum absolute atomic E-state index is 0.0794. The monoisotopic (exact) mass is 256 g/mol. The van der Waals surface area contributed by atoms with E-state index >= 15 is 0 Å². The van der Waals surface area contributed by atoms with Crippen molar-refractivity contribution in [2.45, 2.75) is 31.7 Å². The first-order valence-electron chi connectivity index (χ1n) is 6.37. The number of anilines is 1. The third-order valence-corrected chi connectivity index (χ3v) is 3.10. The van der Waals surface area contributed by atoms with E-state index in [4.69, 9.17) is 5.26 Å². The van der Waals surface area contributed by atoms with Gasteiger partial charge in [-0.2, -0.15) is 5.26 Å². The van der Waals surface area contributed by atoms with Crippen LogP contribution in [0.1, 0.15) is 25.7 Å². The summed E-state index contributed by atoms with van der Waals surface area (Å²) in [5.74, 6) is -0.314. The summed E-state index contributed by atoms with van der Waals surface area (Å²) in [6, 6.07) is 5.71. The van der Waals surface area contributed by atoms with Gasteiger partial charge in [0.2, 0.25) is 0 Å². The molecule has 1 aromatic heterocycles. The van der Waals surface area contributed by atoms with E-state index in [1.807, 2.05) is 12.1 Å². The smallest absolute Gasteiger partial charge is 0.263 e. The zero-order chi connectivity index (χ0) is 13.5. The van der Waals surface area contributed by atoms with E-state index in [0.717, 1.165) is 31.4 Å². The van der Waals surface area contributed by atoms with Crippen LogP contribution >= 0.6 is 0 Å². The van der Waals surface area contributed by atoms with Crippen molar-refractivity contribution in [2.24, 2.45) is 0 Å². The van der Waals surface area contributed by atoms with Crippen molar-refractivity contribution in [3.05, 3.63) is 36.3 Å². The fourth-order valence-electron chi connectivity index (χ4n) is 2.09. The highest BCUT2D eigenvalue weighted by Gasteiger charge is 2.19. The lowest BCUT2D eigenvalue weighted by atomic mass is 10.2. The molecule has 1 aliphatic rings. The summed E-state index contributed by atoms with van der Waals surface area (Å²) < 4.78 is 0. The van der Waals surface area contributed by atoms with Crippen LogP contribution in [0.4, 0.5) is 5.69 Å². The standard InChI is InChI=1S/C14H16N4O/c15-8-11(9-17-13-6-3-7-16-10-13)14(19)18-12-4-1-2-5-12/h3,6-7,9-10,12,17H,1-2,4-5H2,(H,18,19)/b11-9-. The molecule has 1 aliphatic carbocycles. The van der Waals surface area contributed by atoms with Gasteiger partial charge in [-0.05, 0) is 25.0 Å². The first-order valence-corrected chi connectivity index (χ1v) is 6.37. The number of hydrogen-bond acceptors (Lipinski definition) is 4. The average molecular weight is 256 g/mol. The first-order chi connectivity index (χ1) is 9.29. The number of pyridine rings is 1. The number of nitrogens with one attached hydrogen (secondary N) is 2. The van der Waals surface area contributed by atoms with E-state index in [0.29, 0.717) is 0 Å².